The van der Waals surface area contributed by atoms with Crippen molar-refractivity contribution in [1.82, 2.24) is 9.88 Å². The van der Waals surface area contributed by atoms with E-state index in [4.69, 9.17) is 23.2 Å². The van der Waals surface area contributed by atoms with Crippen LogP contribution in [0.25, 0.3) is 0 Å². The highest BCUT2D eigenvalue weighted by molar-refractivity contribution is 6.30. The number of piperazine rings is 1. The number of amides is 2. The number of anilines is 1. The van der Waals surface area contributed by atoms with Crippen LogP contribution >= 0.6 is 23.2 Å². The van der Waals surface area contributed by atoms with E-state index < -0.39 is 35.9 Å². The number of carbonyl (C=O) groups excluding carboxylic acids is 2. The van der Waals surface area contributed by atoms with Crippen molar-refractivity contribution in [2.24, 2.45) is 0 Å². The van der Waals surface area contributed by atoms with Gasteiger partial charge in [0.2, 0.25) is 5.91 Å². The Labute approximate surface area is 170 Å². The largest absolute Gasteiger partial charge is 0.320 e. The van der Waals surface area contributed by atoms with E-state index in [9.17, 15) is 18.4 Å². The van der Waals surface area contributed by atoms with E-state index in [0.717, 1.165) is 17.2 Å². The van der Waals surface area contributed by atoms with Gasteiger partial charge in [-0.25, -0.2) is 13.8 Å². The van der Waals surface area contributed by atoms with Gasteiger partial charge < -0.3 is 4.90 Å². The number of hydrogen-bond acceptors (Lipinski definition) is 3. The van der Waals surface area contributed by atoms with Crippen LogP contribution in [0.3, 0.4) is 0 Å². The summed E-state index contributed by atoms with van der Waals surface area (Å²) >= 11 is 11.6. The lowest BCUT2D eigenvalue weighted by Gasteiger charge is -2.47. The Morgan fingerprint density at radius 1 is 1.21 bits per heavy atom. The highest BCUT2D eigenvalue weighted by Gasteiger charge is 2.54. The van der Waals surface area contributed by atoms with E-state index in [-0.39, 0.29) is 17.4 Å². The second-order valence-corrected chi connectivity index (χ2v) is 7.59. The molecule has 2 heterocycles. The SMILES string of the molecule is CC(F)C1(C)C(=O)N(c2ncc(Cl)cc2F)CC(=O)N1Cc1ccc(Cl)cc1. The second kappa shape index (κ2) is 7.64. The van der Waals surface area contributed by atoms with Gasteiger partial charge in [-0.1, -0.05) is 35.3 Å². The molecule has 0 aliphatic carbocycles. The number of nitrogens with zero attached hydrogens (tertiary/aromatic N) is 3. The fraction of sp³-hybridized carbons (Fsp3) is 0.316. The first-order valence-corrected chi connectivity index (χ1v) is 9.22. The zero-order chi connectivity index (χ0) is 20.6. The first-order valence-electron chi connectivity index (χ1n) is 8.46. The molecule has 3 rings (SSSR count). The summed E-state index contributed by atoms with van der Waals surface area (Å²) in [6.45, 7) is 2.07. The number of halogens is 4. The molecule has 1 aliphatic rings. The summed E-state index contributed by atoms with van der Waals surface area (Å²) in [5.41, 5.74) is -1.15. The fourth-order valence-electron chi connectivity index (χ4n) is 3.13. The summed E-state index contributed by atoms with van der Waals surface area (Å²) in [6.07, 6.45) is -0.553. The van der Waals surface area contributed by atoms with E-state index in [2.05, 4.69) is 4.98 Å². The van der Waals surface area contributed by atoms with Gasteiger partial charge in [-0.2, -0.15) is 0 Å². The van der Waals surface area contributed by atoms with Crippen LogP contribution in [0.1, 0.15) is 19.4 Å². The van der Waals surface area contributed by atoms with Gasteiger partial charge in [0.25, 0.3) is 5.91 Å². The van der Waals surface area contributed by atoms with Gasteiger partial charge in [0.1, 0.15) is 12.7 Å². The van der Waals surface area contributed by atoms with Crippen LogP contribution in [0.15, 0.2) is 36.5 Å². The van der Waals surface area contributed by atoms with Gasteiger partial charge in [-0.05, 0) is 37.6 Å². The van der Waals surface area contributed by atoms with Gasteiger partial charge in [-0.15, -0.1) is 0 Å². The summed E-state index contributed by atoms with van der Waals surface area (Å²) in [7, 11) is 0. The maximum atomic E-state index is 14.7. The first kappa shape index (κ1) is 20.5. The number of carbonyl (C=O) groups is 2. The van der Waals surface area contributed by atoms with Crippen molar-refractivity contribution in [3.05, 3.63) is 58.0 Å². The van der Waals surface area contributed by atoms with Crippen LogP contribution in [-0.4, -0.2) is 40.0 Å². The molecule has 1 aromatic heterocycles. The minimum atomic E-state index is -1.83. The van der Waals surface area contributed by atoms with Gasteiger partial charge in [0.15, 0.2) is 17.2 Å². The molecule has 1 saturated heterocycles. The molecule has 2 unspecified atom stereocenters. The van der Waals surface area contributed by atoms with Crippen LogP contribution < -0.4 is 4.90 Å². The summed E-state index contributed by atoms with van der Waals surface area (Å²) in [5.74, 6) is -2.52. The fourth-order valence-corrected chi connectivity index (χ4v) is 3.40. The number of benzene rings is 1. The van der Waals surface area contributed by atoms with Crippen LogP contribution in [0.4, 0.5) is 14.6 Å². The van der Waals surface area contributed by atoms with Crippen molar-refractivity contribution < 1.29 is 18.4 Å². The third-order valence-corrected chi connectivity index (χ3v) is 5.36. The number of rotatable bonds is 4. The van der Waals surface area contributed by atoms with Crippen LogP contribution in [0, 0.1) is 5.82 Å². The lowest BCUT2D eigenvalue weighted by molar-refractivity contribution is -0.155. The van der Waals surface area contributed by atoms with E-state index in [1.807, 2.05) is 0 Å². The van der Waals surface area contributed by atoms with Gasteiger partial charge in [0.05, 0.1) is 5.02 Å². The summed E-state index contributed by atoms with van der Waals surface area (Å²) in [6, 6.07) is 7.65. The lowest BCUT2D eigenvalue weighted by atomic mass is 9.89. The molecule has 2 amide bonds. The molecule has 0 bridgehead atoms. The molecule has 28 heavy (non-hydrogen) atoms. The standard InChI is InChI=1S/C19H17Cl2F2N3O2/c1-11(22)19(2)18(28)25(17-15(23)7-14(21)8-24-17)10-16(27)26(19)9-12-3-5-13(20)6-4-12/h3-8,11H,9-10H2,1-2H3. The zero-order valence-electron chi connectivity index (χ0n) is 15.1. The Kier molecular flexibility index (Phi) is 5.59. The molecule has 2 atom stereocenters. The van der Waals surface area contributed by atoms with Crippen LogP contribution in [0.2, 0.25) is 10.0 Å². The number of alkyl halides is 1. The molecule has 0 saturated carbocycles. The summed E-state index contributed by atoms with van der Waals surface area (Å²) in [5, 5.41) is 0.560. The molecule has 1 aliphatic heterocycles. The number of aromatic nitrogens is 1. The second-order valence-electron chi connectivity index (χ2n) is 6.72. The molecular formula is C19H17Cl2F2N3O2. The predicted octanol–water partition coefficient (Wildman–Crippen LogP) is 4.02. The monoisotopic (exact) mass is 427 g/mol. The quantitative estimate of drug-likeness (QED) is 0.740. The average molecular weight is 428 g/mol. The highest BCUT2D eigenvalue weighted by Crippen LogP contribution is 2.34. The normalized spacial score (nSPS) is 21.2. The highest BCUT2D eigenvalue weighted by atomic mass is 35.5. The Morgan fingerprint density at radius 2 is 1.86 bits per heavy atom. The van der Waals surface area contributed by atoms with E-state index in [1.54, 1.807) is 24.3 Å². The van der Waals surface area contributed by atoms with Crippen molar-refractivity contribution in [3.63, 3.8) is 0 Å². The summed E-state index contributed by atoms with van der Waals surface area (Å²) in [4.78, 5) is 31.9. The Hall–Kier alpha value is -2.25. The predicted molar refractivity (Wildman–Crippen MR) is 103 cm³/mol. The molecular weight excluding hydrogens is 411 g/mol. The third kappa shape index (κ3) is 3.56. The average Bonchev–Trinajstić information content (AvgIpc) is 2.63. The Balaban J connectivity index is 2.00. The molecule has 1 fully saturated rings. The Morgan fingerprint density at radius 3 is 2.43 bits per heavy atom. The molecule has 9 heteroatoms. The van der Waals surface area contributed by atoms with Crippen molar-refractivity contribution in [1.29, 1.82) is 0 Å². The minimum Gasteiger partial charge on any atom is -0.320 e. The van der Waals surface area contributed by atoms with Gasteiger partial charge in [-0.3, -0.25) is 14.5 Å². The third-order valence-electron chi connectivity index (χ3n) is 4.91. The van der Waals surface area contributed by atoms with Gasteiger partial charge >= 0.3 is 0 Å². The molecule has 0 spiro atoms. The van der Waals surface area contributed by atoms with Gasteiger partial charge in [0, 0.05) is 17.8 Å². The van der Waals surface area contributed by atoms with E-state index in [1.165, 1.54) is 18.7 Å². The topological polar surface area (TPSA) is 53.5 Å². The minimum absolute atomic E-state index is 0.0108. The molecule has 0 N–H and O–H groups in total. The van der Waals surface area contributed by atoms with Crippen molar-refractivity contribution >= 4 is 40.8 Å². The molecule has 148 valence electrons. The molecule has 2 aromatic rings. The van der Waals surface area contributed by atoms with E-state index >= 15 is 0 Å². The maximum absolute atomic E-state index is 14.7. The van der Waals surface area contributed by atoms with Crippen LogP contribution in [-0.2, 0) is 16.1 Å². The molecule has 1 aromatic carbocycles. The first-order chi connectivity index (χ1) is 13.1. The smallest absolute Gasteiger partial charge is 0.257 e. The van der Waals surface area contributed by atoms with E-state index in [0.29, 0.717) is 10.6 Å². The van der Waals surface area contributed by atoms with Crippen molar-refractivity contribution in [2.45, 2.75) is 32.1 Å². The Bertz CT molecular complexity index is 924. The van der Waals surface area contributed by atoms with Crippen molar-refractivity contribution in [2.75, 3.05) is 11.4 Å². The number of pyridine rings is 1. The van der Waals surface area contributed by atoms with Crippen LogP contribution in [0.5, 0.6) is 0 Å². The number of hydrogen-bond donors (Lipinski definition) is 0. The summed E-state index contributed by atoms with van der Waals surface area (Å²) < 4.78 is 29.0. The zero-order valence-corrected chi connectivity index (χ0v) is 16.6. The lowest BCUT2D eigenvalue weighted by Crippen LogP contribution is -2.70. The van der Waals surface area contributed by atoms with Crippen molar-refractivity contribution in [3.8, 4) is 0 Å². The molecule has 5 nitrogen and oxygen atoms in total. The molecule has 0 radical (unpaired) electrons. The maximum Gasteiger partial charge on any atom is 0.257 e.